The number of halogens is 1. The maximum absolute atomic E-state index is 5.98. The summed E-state index contributed by atoms with van der Waals surface area (Å²) in [4.78, 5) is 0. The van der Waals surface area contributed by atoms with Gasteiger partial charge in [0.25, 0.3) is 0 Å². The van der Waals surface area contributed by atoms with E-state index in [9.17, 15) is 0 Å². The molecule has 72 valence electrons. The van der Waals surface area contributed by atoms with Gasteiger partial charge in [-0.15, -0.1) is 0 Å². The summed E-state index contributed by atoms with van der Waals surface area (Å²) in [7, 11) is 0. The second-order valence-corrected chi connectivity index (χ2v) is 3.84. The molecular formula is C11H21Cl. The Kier molecular flexibility index (Phi) is 7.69. The highest BCUT2D eigenvalue weighted by Crippen LogP contribution is 2.22. The normalized spacial score (nSPS) is 14.8. The maximum Gasteiger partial charge on any atom is 0.0141 e. The standard InChI is InChI=1S/C11H21Cl/c1-4-7-8-10(5-2)9-11(12)6-3/h6,10H,4-5,7-9H2,1-3H3. The average molecular weight is 189 g/mol. The van der Waals surface area contributed by atoms with E-state index in [2.05, 4.69) is 13.8 Å². The van der Waals surface area contributed by atoms with Gasteiger partial charge in [0.2, 0.25) is 0 Å². The molecule has 0 bridgehead atoms. The van der Waals surface area contributed by atoms with Crippen LogP contribution in [-0.4, -0.2) is 0 Å². The molecule has 0 heterocycles. The molecule has 0 rings (SSSR count). The van der Waals surface area contributed by atoms with Crippen molar-refractivity contribution < 1.29 is 0 Å². The smallest absolute Gasteiger partial charge is 0.0141 e. The van der Waals surface area contributed by atoms with Crippen LogP contribution in [0.15, 0.2) is 11.1 Å². The summed E-state index contributed by atoms with van der Waals surface area (Å²) in [6.07, 6.45) is 8.31. The van der Waals surface area contributed by atoms with Gasteiger partial charge < -0.3 is 0 Å². The lowest BCUT2D eigenvalue weighted by molar-refractivity contribution is 0.453. The molecule has 0 aliphatic rings. The molecule has 1 unspecified atom stereocenters. The monoisotopic (exact) mass is 188 g/mol. The van der Waals surface area contributed by atoms with Crippen LogP contribution in [0.5, 0.6) is 0 Å². The summed E-state index contributed by atoms with van der Waals surface area (Å²) >= 11 is 5.98. The first kappa shape index (κ1) is 12.0. The lowest BCUT2D eigenvalue weighted by atomic mass is 9.96. The first-order valence-corrected chi connectivity index (χ1v) is 5.43. The van der Waals surface area contributed by atoms with Crippen LogP contribution in [0.4, 0.5) is 0 Å². The van der Waals surface area contributed by atoms with Crippen LogP contribution in [0.2, 0.25) is 0 Å². The van der Waals surface area contributed by atoms with E-state index in [1.807, 2.05) is 13.0 Å². The van der Waals surface area contributed by atoms with Gasteiger partial charge in [-0.1, -0.05) is 57.2 Å². The number of hydrogen-bond acceptors (Lipinski definition) is 0. The lowest BCUT2D eigenvalue weighted by Gasteiger charge is -2.12. The highest BCUT2D eigenvalue weighted by Gasteiger charge is 2.06. The van der Waals surface area contributed by atoms with Crippen molar-refractivity contribution in [2.45, 2.75) is 52.9 Å². The Labute approximate surface area is 82.0 Å². The molecule has 0 N–H and O–H groups in total. The minimum absolute atomic E-state index is 0.800. The summed E-state index contributed by atoms with van der Waals surface area (Å²) < 4.78 is 0. The van der Waals surface area contributed by atoms with Crippen LogP contribution >= 0.6 is 11.6 Å². The van der Waals surface area contributed by atoms with Crippen molar-refractivity contribution in [1.82, 2.24) is 0 Å². The zero-order valence-electron chi connectivity index (χ0n) is 8.57. The second kappa shape index (κ2) is 7.67. The highest BCUT2D eigenvalue weighted by atomic mass is 35.5. The molecular weight excluding hydrogens is 168 g/mol. The zero-order chi connectivity index (χ0) is 9.40. The van der Waals surface area contributed by atoms with Gasteiger partial charge >= 0.3 is 0 Å². The molecule has 0 aliphatic heterocycles. The average Bonchev–Trinajstić information content (AvgIpc) is 2.11. The van der Waals surface area contributed by atoms with Gasteiger partial charge in [-0.25, -0.2) is 0 Å². The minimum atomic E-state index is 0.800. The van der Waals surface area contributed by atoms with Crippen LogP contribution in [0.1, 0.15) is 52.9 Å². The molecule has 0 saturated carbocycles. The number of allylic oxidation sites excluding steroid dienone is 2. The third-order valence-electron chi connectivity index (χ3n) is 2.34. The summed E-state index contributed by atoms with van der Waals surface area (Å²) in [6.45, 7) is 6.50. The van der Waals surface area contributed by atoms with Crippen LogP contribution in [-0.2, 0) is 0 Å². The van der Waals surface area contributed by atoms with Crippen LogP contribution in [0, 0.1) is 5.92 Å². The van der Waals surface area contributed by atoms with E-state index in [4.69, 9.17) is 11.6 Å². The molecule has 0 fully saturated rings. The molecule has 0 aromatic heterocycles. The first-order valence-electron chi connectivity index (χ1n) is 5.05. The summed E-state index contributed by atoms with van der Waals surface area (Å²) in [5, 5.41) is 1.03. The molecule has 0 aromatic rings. The van der Waals surface area contributed by atoms with Gasteiger partial charge in [-0.3, -0.25) is 0 Å². The highest BCUT2D eigenvalue weighted by molar-refractivity contribution is 6.29. The molecule has 0 amide bonds. The molecule has 0 saturated heterocycles. The maximum atomic E-state index is 5.98. The van der Waals surface area contributed by atoms with E-state index in [1.54, 1.807) is 0 Å². The van der Waals surface area contributed by atoms with Gasteiger partial charge in [-0.2, -0.15) is 0 Å². The topological polar surface area (TPSA) is 0 Å². The Morgan fingerprint density at radius 2 is 2.08 bits per heavy atom. The van der Waals surface area contributed by atoms with E-state index in [0.717, 1.165) is 17.4 Å². The molecule has 0 spiro atoms. The van der Waals surface area contributed by atoms with Gasteiger partial charge in [0.15, 0.2) is 0 Å². The second-order valence-electron chi connectivity index (χ2n) is 3.36. The SMILES string of the molecule is CC=C(Cl)CC(CC)CCCC. The van der Waals surface area contributed by atoms with E-state index in [0.29, 0.717) is 0 Å². The van der Waals surface area contributed by atoms with Gasteiger partial charge in [0.1, 0.15) is 0 Å². The van der Waals surface area contributed by atoms with Gasteiger partial charge in [-0.05, 0) is 19.3 Å². The number of rotatable bonds is 6. The fraction of sp³-hybridized carbons (Fsp3) is 0.818. The molecule has 0 radical (unpaired) electrons. The Morgan fingerprint density at radius 1 is 1.42 bits per heavy atom. The lowest BCUT2D eigenvalue weighted by Crippen LogP contribution is -1.98. The predicted octanol–water partition coefficient (Wildman–Crippen LogP) is 4.74. The fourth-order valence-electron chi connectivity index (χ4n) is 1.34. The molecule has 1 atom stereocenters. The third kappa shape index (κ3) is 5.65. The van der Waals surface area contributed by atoms with E-state index in [1.165, 1.54) is 25.7 Å². The first-order chi connectivity index (χ1) is 5.74. The summed E-state index contributed by atoms with van der Waals surface area (Å²) in [5.74, 6) is 0.800. The van der Waals surface area contributed by atoms with Crippen molar-refractivity contribution in [2.75, 3.05) is 0 Å². The van der Waals surface area contributed by atoms with E-state index < -0.39 is 0 Å². The van der Waals surface area contributed by atoms with Crippen LogP contribution in [0.25, 0.3) is 0 Å². The molecule has 12 heavy (non-hydrogen) atoms. The summed E-state index contributed by atoms with van der Waals surface area (Å²) in [5.41, 5.74) is 0. The Hall–Kier alpha value is 0.0300. The predicted molar refractivity (Wildman–Crippen MR) is 57.5 cm³/mol. The number of unbranched alkanes of at least 4 members (excludes halogenated alkanes) is 1. The molecule has 0 aliphatic carbocycles. The van der Waals surface area contributed by atoms with Crippen molar-refractivity contribution in [3.63, 3.8) is 0 Å². The summed E-state index contributed by atoms with van der Waals surface area (Å²) in [6, 6.07) is 0. The van der Waals surface area contributed by atoms with Crippen molar-refractivity contribution in [2.24, 2.45) is 5.92 Å². The Morgan fingerprint density at radius 3 is 2.50 bits per heavy atom. The Bertz CT molecular complexity index is 127. The Balaban J connectivity index is 3.67. The molecule has 1 heteroatoms. The van der Waals surface area contributed by atoms with Crippen molar-refractivity contribution in [3.8, 4) is 0 Å². The number of hydrogen-bond donors (Lipinski definition) is 0. The minimum Gasteiger partial charge on any atom is -0.0895 e. The molecule has 0 aromatic carbocycles. The zero-order valence-corrected chi connectivity index (χ0v) is 9.32. The van der Waals surface area contributed by atoms with Crippen molar-refractivity contribution >= 4 is 11.6 Å². The van der Waals surface area contributed by atoms with E-state index in [-0.39, 0.29) is 0 Å². The fourth-order valence-corrected chi connectivity index (χ4v) is 1.56. The van der Waals surface area contributed by atoms with E-state index >= 15 is 0 Å². The van der Waals surface area contributed by atoms with Gasteiger partial charge in [0, 0.05) is 5.03 Å². The molecule has 0 nitrogen and oxygen atoms in total. The van der Waals surface area contributed by atoms with Crippen molar-refractivity contribution in [1.29, 1.82) is 0 Å². The van der Waals surface area contributed by atoms with Gasteiger partial charge in [0.05, 0.1) is 0 Å². The van der Waals surface area contributed by atoms with Crippen molar-refractivity contribution in [3.05, 3.63) is 11.1 Å². The van der Waals surface area contributed by atoms with Crippen LogP contribution in [0.3, 0.4) is 0 Å². The third-order valence-corrected chi connectivity index (χ3v) is 2.71. The van der Waals surface area contributed by atoms with Crippen LogP contribution < -0.4 is 0 Å². The largest absolute Gasteiger partial charge is 0.0895 e. The quantitative estimate of drug-likeness (QED) is 0.565.